The van der Waals surface area contributed by atoms with E-state index in [-0.39, 0.29) is 24.1 Å². The smallest absolute Gasteiger partial charge is 0.253 e. The zero-order chi connectivity index (χ0) is 22.3. The number of aromatic nitrogens is 3. The zero-order valence-corrected chi connectivity index (χ0v) is 19.6. The van der Waals surface area contributed by atoms with E-state index in [1.165, 1.54) is 0 Å². The average Bonchev–Trinajstić information content (AvgIpc) is 3.35. The Bertz CT molecular complexity index is 1330. The highest BCUT2D eigenvalue weighted by atomic mass is 79.9. The van der Waals surface area contributed by atoms with E-state index in [0.717, 1.165) is 32.5 Å². The summed E-state index contributed by atoms with van der Waals surface area (Å²) >= 11 is 3.56. The van der Waals surface area contributed by atoms with Gasteiger partial charge in [-0.1, -0.05) is 0 Å². The molecule has 1 amide bonds. The summed E-state index contributed by atoms with van der Waals surface area (Å²) in [6.45, 7) is 8.00. The van der Waals surface area contributed by atoms with E-state index in [0.29, 0.717) is 11.1 Å². The third kappa shape index (κ3) is 3.97. The molecule has 0 bridgehead atoms. The second kappa shape index (κ2) is 8.23. The monoisotopic (exact) mass is 480 g/mol. The summed E-state index contributed by atoms with van der Waals surface area (Å²) in [5.41, 5.74) is 5.56. The molecule has 0 saturated heterocycles. The Labute approximate surface area is 189 Å². The summed E-state index contributed by atoms with van der Waals surface area (Å²) in [5, 5.41) is 2.94. The first-order chi connectivity index (χ1) is 14.8. The van der Waals surface area contributed by atoms with E-state index in [9.17, 15) is 9.59 Å². The molecule has 0 saturated carbocycles. The number of amides is 1. The molecule has 31 heavy (non-hydrogen) atoms. The number of aromatic amines is 1. The normalized spacial score (nSPS) is 12.3. The van der Waals surface area contributed by atoms with Crippen molar-refractivity contribution < 1.29 is 4.79 Å². The molecule has 0 spiro atoms. The van der Waals surface area contributed by atoms with E-state index < -0.39 is 0 Å². The molecule has 4 heterocycles. The SMILES string of the molecule is Cc1cc(C)c(CNC(=O)c2cc3cc(Br)cn3c(C(C)n3cccc3)c2C)c(=O)[nH]1. The van der Waals surface area contributed by atoms with Gasteiger partial charge in [-0.05, 0) is 85.1 Å². The number of carbonyl (C=O) groups is 1. The van der Waals surface area contributed by atoms with Crippen LogP contribution in [-0.4, -0.2) is 19.9 Å². The molecule has 6 nitrogen and oxygen atoms in total. The molecule has 0 aliphatic heterocycles. The molecule has 7 heteroatoms. The fourth-order valence-electron chi connectivity index (χ4n) is 4.20. The first kappa shape index (κ1) is 21.2. The van der Waals surface area contributed by atoms with Crippen LogP contribution in [0.3, 0.4) is 0 Å². The lowest BCUT2D eigenvalue weighted by molar-refractivity contribution is 0.0950. The van der Waals surface area contributed by atoms with Gasteiger partial charge in [0.1, 0.15) is 0 Å². The van der Waals surface area contributed by atoms with Crippen LogP contribution in [0.2, 0.25) is 0 Å². The number of aryl methyl sites for hydroxylation is 2. The topological polar surface area (TPSA) is 71.3 Å². The van der Waals surface area contributed by atoms with Gasteiger partial charge in [0.15, 0.2) is 0 Å². The van der Waals surface area contributed by atoms with Crippen molar-refractivity contribution in [3.63, 3.8) is 0 Å². The van der Waals surface area contributed by atoms with Gasteiger partial charge in [0.2, 0.25) is 0 Å². The molecule has 4 aromatic heterocycles. The highest BCUT2D eigenvalue weighted by Crippen LogP contribution is 2.29. The van der Waals surface area contributed by atoms with Gasteiger partial charge in [0, 0.05) is 57.6 Å². The number of hydrogen-bond donors (Lipinski definition) is 2. The maximum absolute atomic E-state index is 13.2. The Morgan fingerprint density at radius 1 is 1.16 bits per heavy atom. The highest BCUT2D eigenvalue weighted by Gasteiger charge is 2.21. The molecule has 0 aliphatic carbocycles. The van der Waals surface area contributed by atoms with E-state index in [2.05, 4.69) is 42.1 Å². The van der Waals surface area contributed by atoms with Gasteiger partial charge >= 0.3 is 0 Å². The van der Waals surface area contributed by atoms with Gasteiger partial charge in [0.25, 0.3) is 11.5 Å². The number of pyridine rings is 2. The third-order valence-corrected chi connectivity index (χ3v) is 6.22. The van der Waals surface area contributed by atoms with E-state index in [1.807, 2.05) is 69.7 Å². The number of H-pyrrole nitrogens is 1. The number of fused-ring (bicyclic) bond motifs is 1. The largest absolute Gasteiger partial charge is 0.348 e. The minimum absolute atomic E-state index is 0.0340. The molecular weight excluding hydrogens is 456 g/mol. The third-order valence-electron chi connectivity index (χ3n) is 5.79. The summed E-state index contributed by atoms with van der Waals surface area (Å²) in [7, 11) is 0. The number of rotatable bonds is 5. The molecule has 4 aromatic rings. The lowest BCUT2D eigenvalue weighted by Gasteiger charge is -2.21. The van der Waals surface area contributed by atoms with Crippen LogP contribution in [0.15, 0.2) is 58.2 Å². The maximum atomic E-state index is 13.2. The van der Waals surface area contributed by atoms with Crippen LogP contribution in [-0.2, 0) is 6.54 Å². The molecule has 0 fully saturated rings. The van der Waals surface area contributed by atoms with Gasteiger partial charge in [0.05, 0.1) is 6.04 Å². The van der Waals surface area contributed by atoms with Crippen LogP contribution in [0.1, 0.15) is 51.4 Å². The second-order valence-corrected chi connectivity index (χ2v) is 8.87. The van der Waals surface area contributed by atoms with Crippen LogP contribution in [0.5, 0.6) is 0 Å². The quantitative estimate of drug-likeness (QED) is 0.436. The lowest BCUT2D eigenvalue weighted by Crippen LogP contribution is -2.29. The molecule has 2 N–H and O–H groups in total. The average molecular weight is 481 g/mol. The molecule has 160 valence electrons. The maximum Gasteiger partial charge on any atom is 0.253 e. The molecule has 1 atom stereocenters. The summed E-state index contributed by atoms with van der Waals surface area (Å²) < 4.78 is 5.19. The Morgan fingerprint density at radius 3 is 2.55 bits per heavy atom. The lowest BCUT2D eigenvalue weighted by atomic mass is 10.0. The minimum atomic E-state index is -0.197. The fraction of sp³-hybridized carbons (Fsp3) is 0.250. The zero-order valence-electron chi connectivity index (χ0n) is 18.0. The Morgan fingerprint density at radius 2 is 1.87 bits per heavy atom. The van der Waals surface area contributed by atoms with Crippen molar-refractivity contribution in [1.82, 2.24) is 19.3 Å². The summed E-state index contributed by atoms with van der Waals surface area (Å²) in [6, 6.07) is 9.82. The van der Waals surface area contributed by atoms with Gasteiger partial charge in [-0.3, -0.25) is 9.59 Å². The first-order valence-corrected chi connectivity index (χ1v) is 11.0. The number of carbonyl (C=O) groups excluding carboxylic acids is 1. The number of nitrogens with one attached hydrogen (secondary N) is 2. The van der Waals surface area contributed by atoms with Crippen LogP contribution in [0.25, 0.3) is 5.52 Å². The standard InChI is InChI=1S/C24H25BrN4O2/c1-14-9-15(2)27-24(31)21(14)12-26-23(30)20-11-19-10-18(25)13-29(19)22(16(20)3)17(4)28-7-5-6-8-28/h5-11,13,17H,12H2,1-4H3,(H,26,30)(H,27,31). The van der Waals surface area contributed by atoms with Crippen LogP contribution >= 0.6 is 15.9 Å². The van der Waals surface area contributed by atoms with Crippen molar-refractivity contribution >= 4 is 27.4 Å². The predicted molar refractivity (Wildman–Crippen MR) is 126 cm³/mol. The summed E-state index contributed by atoms with van der Waals surface area (Å²) in [4.78, 5) is 28.3. The van der Waals surface area contributed by atoms with Crippen molar-refractivity contribution in [2.45, 2.75) is 40.3 Å². The van der Waals surface area contributed by atoms with Crippen LogP contribution < -0.4 is 10.9 Å². The van der Waals surface area contributed by atoms with E-state index in [4.69, 9.17) is 0 Å². The van der Waals surface area contributed by atoms with Crippen molar-refractivity contribution in [1.29, 1.82) is 0 Å². The van der Waals surface area contributed by atoms with Crippen molar-refractivity contribution in [3.05, 3.63) is 97.4 Å². The predicted octanol–water partition coefficient (Wildman–Crippen LogP) is 4.66. The Kier molecular flexibility index (Phi) is 5.62. The molecule has 0 aliphatic rings. The van der Waals surface area contributed by atoms with Crippen molar-refractivity contribution in [2.75, 3.05) is 0 Å². The highest BCUT2D eigenvalue weighted by molar-refractivity contribution is 9.10. The Hall–Kier alpha value is -3.06. The molecular formula is C24H25BrN4O2. The number of hydrogen-bond acceptors (Lipinski definition) is 2. The minimum Gasteiger partial charge on any atom is -0.348 e. The molecule has 1 unspecified atom stereocenters. The fourth-order valence-corrected chi connectivity index (χ4v) is 4.64. The number of nitrogens with zero attached hydrogens (tertiary/aromatic N) is 2. The first-order valence-electron chi connectivity index (χ1n) is 10.2. The van der Waals surface area contributed by atoms with Crippen molar-refractivity contribution in [2.24, 2.45) is 0 Å². The second-order valence-electron chi connectivity index (χ2n) is 7.95. The summed E-state index contributed by atoms with van der Waals surface area (Å²) in [6.07, 6.45) is 6.07. The van der Waals surface area contributed by atoms with Gasteiger partial charge in [-0.25, -0.2) is 0 Å². The van der Waals surface area contributed by atoms with Crippen LogP contribution in [0.4, 0.5) is 0 Å². The van der Waals surface area contributed by atoms with Gasteiger partial charge < -0.3 is 19.3 Å². The number of halogens is 1. The molecule has 4 rings (SSSR count). The van der Waals surface area contributed by atoms with Crippen molar-refractivity contribution in [3.8, 4) is 0 Å². The van der Waals surface area contributed by atoms with Gasteiger partial charge in [-0.15, -0.1) is 0 Å². The summed E-state index contributed by atoms with van der Waals surface area (Å²) in [5.74, 6) is -0.197. The van der Waals surface area contributed by atoms with Crippen LogP contribution in [0, 0.1) is 20.8 Å². The van der Waals surface area contributed by atoms with E-state index >= 15 is 0 Å². The molecule has 0 radical (unpaired) electrons. The van der Waals surface area contributed by atoms with E-state index in [1.54, 1.807) is 0 Å². The Balaban J connectivity index is 1.73. The van der Waals surface area contributed by atoms with Gasteiger partial charge in [-0.2, -0.15) is 0 Å². The molecule has 0 aromatic carbocycles.